The Morgan fingerprint density at radius 3 is 2.42 bits per heavy atom. The normalized spacial score (nSPS) is 10.5. The van der Waals surface area contributed by atoms with Gasteiger partial charge >= 0.3 is 5.97 Å². The van der Waals surface area contributed by atoms with Crippen LogP contribution < -0.4 is 0 Å². The first kappa shape index (κ1) is 14.0. The standard InChI is InChI=1S/C13H7BrF2O2S/c14-8-3-7(13(17)18)4-10(5-8)19-9-1-2-11(15)12(16)6-9/h1-6H,(H,17,18). The molecule has 0 saturated heterocycles. The maximum Gasteiger partial charge on any atom is 0.335 e. The van der Waals surface area contributed by atoms with Crippen molar-refractivity contribution in [2.24, 2.45) is 0 Å². The Morgan fingerprint density at radius 2 is 1.79 bits per heavy atom. The highest BCUT2D eigenvalue weighted by Gasteiger charge is 2.08. The third-order valence-electron chi connectivity index (χ3n) is 2.25. The summed E-state index contributed by atoms with van der Waals surface area (Å²) < 4.78 is 26.5. The van der Waals surface area contributed by atoms with E-state index in [2.05, 4.69) is 15.9 Å². The Kier molecular flexibility index (Phi) is 4.21. The lowest BCUT2D eigenvalue weighted by Crippen LogP contribution is -1.96. The molecule has 2 nitrogen and oxygen atoms in total. The maximum atomic E-state index is 13.1. The lowest BCUT2D eigenvalue weighted by molar-refractivity contribution is 0.0696. The van der Waals surface area contributed by atoms with Crippen LogP contribution in [0.1, 0.15) is 10.4 Å². The Hall–Kier alpha value is -1.40. The predicted molar refractivity (Wildman–Crippen MR) is 71.6 cm³/mol. The number of benzene rings is 2. The first-order chi connectivity index (χ1) is 8.95. The van der Waals surface area contributed by atoms with Gasteiger partial charge in [-0.05, 0) is 36.4 Å². The number of carbonyl (C=O) groups is 1. The zero-order chi connectivity index (χ0) is 14.0. The average Bonchev–Trinajstić information content (AvgIpc) is 2.33. The fourth-order valence-corrected chi connectivity index (χ4v) is 3.01. The van der Waals surface area contributed by atoms with Crippen LogP contribution in [0, 0.1) is 11.6 Å². The van der Waals surface area contributed by atoms with E-state index >= 15 is 0 Å². The second-order valence-electron chi connectivity index (χ2n) is 3.66. The lowest BCUT2D eigenvalue weighted by Gasteiger charge is -2.05. The summed E-state index contributed by atoms with van der Waals surface area (Å²) in [5.74, 6) is -2.89. The van der Waals surface area contributed by atoms with Gasteiger partial charge in [0.25, 0.3) is 0 Å². The average molecular weight is 345 g/mol. The van der Waals surface area contributed by atoms with Gasteiger partial charge in [-0.2, -0.15) is 0 Å². The van der Waals surface area contributed by atoms with Gasteiger partial charge in [0.2, 0.25) is 0 Å². The van der Waals surface area contributed by atoms with Gasteiger partial charge in [-0.25, -0.2) is 13.6 Å². The molecule has 2 aromatic carbocycles. The van der Waals surface area contributed by atoms with Crippen LogP contribution in [-0.2, 0) is 0 Å². The van der Waals surface area contributed by atoms with Gasteiger partial charge in [-0.3, -0.25) is 0 Å². The van der Waals surface area contributed by atoms with Crippen molar-refractivity contribution in [3.63, 3.8) is 0 Å². The summed E-state index contributed by atoms with van der Waals surface area (Å²) >= 11 is 4.37. The molecular weight excluding hydrogens is 338 g/mol. The minimum absolute atomic E-state index is 0.124. The fraction of sp³-hybridized carbons (Fsp3) is 0. The molecule has 0 heterocycles. The molecule has 2 rings (SSSR count). The van der Waals surface area contributed by atoms with Crippen molar-refractivity contribution in [2.45, 2.75) is 9.79 Å². The molecular formula is C13H7BrF2O2S. The highest BCUT2D eigenvalue weighted by Crippen LogP contribution is 2.31. The Bertz CT molecular complexity index is 647. The van der Waals surface area contributed by atoms with Crippen molar-refractivity contribution >= 4 is 33.7 Å². The smallest absolute Gasteiger partial charge is 0.335 e. The minimum Gasteiger partial charge on any atom is -0.478 e. The van der Waals surface area contributed by atoms with Crippen molar-refractivity contribution in [3.8, 4) is 0 Å². The van der Waals surface area contributed by atoms with E-state index in [0.717, 1.165) is 23.9 Å². The molecule has 98 valence electrons. The Labute approximate surface area is 120 Å². The van der Waals surface area contributed by atoms with Crippen LogP contribution in [0.2, 0.25) is 0 Å². The van der Waals surface area contributed by atoms with Gasteiger partial charge in [0.15, 0.2) is 11.6 Å². The van der Waals surface area contributed by atoms with E-state index in [-0.39, 0.29) is 5.56 Å². The third-order valence-corrected chi connectivity index (χ3v) is 3.66. The van der Waals surface area contributed by atoms with E-state index in [0.29, 0.717) is 14.3 Å². The molecule has 6 heteroatoms. The quantitative estimate of drug-likeness (QED) is 0.885. The molecule has 0 aliphatic rings. The summed E-state index contributed by atoms with van der Waals surface area (Å²) in [6, 6.07) is 8.19. The number of hydrogen-bond donors (Lipinski definition) is 1. The van der Waals surface area contributed by atoms with Gasteiger partial charge in [-0.1, -0.05) is 27.7 Å². The number of aromatic carboxylic acids is 1. The molecule has 0 aliphatic heterocycles. The SMILES string of the molecule is O=C(O)c1cc(Br)cc(Sc2ccc(F)c(F)c2)c1. The Morgan fingerprint density at radius 1 is 1.05 bits per heavy atom. The second kappa shape index (κ2) is 5.71. The van der Waals surface area contributed by atoms with E-state index in [1.807, 2.05) is 0 Å². The summed E-state index contributed by atoms with van der Waals surface area (Å²) in [5, 5.41) is 8.94. The van der Waals surface area contributed by atoms with Crippen molar-refractivity contribution in [2.75, 3.05) is 0 Å². The van der Waals surface area contributed by atoms with Gasteiger partial charge in [-0.15, -0.1) is 0 Å². The highest BCUT2D eigenvalue weighted by molar-refractivity contribution is 9.10. The van der Waals surface area contributed by atoms with Crippen LogP contribution in [0.5, 0.6) is 0 Å². The van der Waals surface area contributed by atoms with E-state index < -0.39 is 17.6 Å². The first-order valence-corrected chi connectivity index (χ1v) is 6.73. The molecule has 1 N–H and O–H groups in total. The fourth-order valence-electron chi connectivity index (χ4n) is 1.42. The highest BCUT2D eigenvalue weighted by atomic mass is 79.9. The largest absolute Gasteiger partial charge is 0.478 e. The van der Waals surface area contributed by atoms with E-state index in [1.54, 1.807) is 6.07 Å². The van der Waals surface area contributed by atoms with E-state index in [1.165, 1.54) is 18.2 Å². The zero-order valence-corrected chi connectivity index (χ0v) is 11.8. The lowest BCUT2D eigenvalue weighted by atomic mass is 10.2. The number of rotatable bonds is 3. The molecule has 0 aliphatic carbocycles. The summed E-state index contributed by atoms with van der Waals surface area (Å²) in [6.07, 6.45) is 0. The Balaban J connectivity index is 2.32. The molecule has 0 amide bonds. The second-order valence-corrected chi connectivity index (χ2v) is 5.72. The van der Waals surface area contributed by atoms with Crippen LogP contribution in [0.15, 0.2) is 50.7 Å². The van der Waals surface area contributed by atoms with Gasteiger partial charge in [0.05, 0.1) is 5.56 Å². The predicted octanol–water partition coefficient (Wildman–Crippen LogP) is 4.58. The minimum atomic E-state index is -1.05. The molecule has 0 spiro atoms. The van der Waals surface area contributed by atoms with Crippen molar-refractivity contribution in [1.82, 2.24) is 0 Å². The van der Waals surface area contributed by atoms with Crippen LogP contribution in [-0.4, -0.2) is 11.1 Å². The third kappa shape index (κ3) is 3.54. The number of halogens is 3. The van der Waals surface area contributed by atoms with Gasteiger partial charge in [0, 0.05) is 14.3 Å². The number of carboxylic acid groups (broad SMARTS) is 1. The van der Waals surface area contributed by atoms with Crippen LogP contribution in [0.4, 0.5) is 8.78 Å². The first-order valence-electron chi connectivity index (χ1n) is 5.12. The van der Waals surface area contributed by atoms with Gasteiger partial charge < -0.3 is 5.11 Å². The molecule has 0 saturated carbocycles. The monoisotopic (exact) mass is 344 g/mol. The number of hydrogen-bond acceptors (Lipinski definition) is 2. The van der Waals surface area contributed by atoms with Crippen LogP contribution in [0.3, 0.4) is 0 Å². The molecule has 0 fully saturated rings. The van der Waals surface area contributed by atoms with Crippen LogP contribution in [0.25, 0.3) is 0 Å². The molecule has 0 unspecified atom stereocenters. The molecule has 0 radical (unpaired) electrons. The summed E-state index contributed by atoms with van der Waals surface area (Å²) in [6.45, 7) is 0. The summed E-state index contributed by atoms with van der Waals surface area (Å²) in [7, 11) is 0. The number of carboxylic acids is 1. The van der Waals surface area contributed by atoms with Crippen molar-refractivity contribution < 1.29 is 18.7 Å². The molecule has 0 bridgehead atoms. The van der Waals surface area contributed by atoms with Crippen molar-refractivity contribution in [3.05, 3.63) is 58.1 Å². The molecule has 0 atom stereocenters. The summed E-state index contributed by atoms with van der Waals surface area (Å²) in [4.78, 5) is 12.0. The van der Waals surface area contributed by atoms with Gasteiger partial charge in [0.1, 0.15) is 0 Å². The maximum absolute atomic E-state index is 13.1. The van der Waals surface area contributed by atoms with E-state index in [4.69, 9.17) is 5.11 Å². The van der Waals surface area contributed by atoms with Crippen molar-refractivity contribution in [1.29, 1.82) is 0 Å². The molecule has 0 aromatic heterocycles. The van der Waals surface area contributed by atoms with E-state index in [9.17, 15) is 13.6 Å². The zero-order valence-electron chi connectivity index (χ0n) is 9.36. The topological polar surface area (TPSA) is 37.3 Å². The van der Waals surface area contributed by atoms with Crippen LogP contribution >= 0.6 is 27.7 Å². The molecule has 2 aromatic rings. The molecule has 19 heavy (non-hydrogen) atoms. The summed E-state index contributed by atoms with van der Waals surface area (Å²) in [5.41, 5.74) is 0.124.